The monoisotopic (exact) mass is 292 g/mol. The molecule has 0 atom stereocenters. The van der Waals surface area contributed by atoms with Gasteiger partial charge in [-0.25, -0.2) is 0 Å². The number of hydrogen-bond acceptors (Lipinski definition) is 2. The summed E-state index contributed by atoms with van der Waals surface area (Å²) in [6, 6.07) is 0. The number of nitrogens with zero attached hydrogens (tertiary/aromatic N) is 2. The van der Waals surface area contributed by atoms with Crippen LogP contribution in [0.5, 0.6) is 0 Å². The zero-order valence-electron chi connectivity index (χ0n) is 14.8. The van der Waals surface area contributed by atoms with Crippen molar-refractivity contribution < 1.29 is 4.74 Å². The molecule has 0 fully saturated rings. The van der Waals surface area contributed by atoms with E-state index in [4.69, 9.17) is 9.84 Å². The SMILES string of the molecule is COCc1c2c(nn1C(C)(C)CC(C)(C)C)CCCCC2. The normalized spacial score (nSPS) is 16.7. The summed E-state index contributed by atoms with van der Waals surface area (Å²) in [5, 5.41) is 5.02. The van der Waals surface area contributed by atoms with E-state index in [0.29, 0.717) is 6.61 Å². The Morgan fingerprint density at radius 2 is 1.71 bits per heavy atom. The quantitative estimate of drug-likeness (QED) is 0.766. The van der Waals surface area contributed by atoms with E-state index in [1.807, 2.05) is 0 Å². The third-order valence-electron chi connectivity index (χ3n) is 4.33. The van der Waals surface area contributed by atoms with E-state index in [2.05, 4.69) is 39.3 Å². The van der Waals surface area contributed by atoms with Gasteiger partial charge in [0.1, 0.15) is 0 Å². The maximum Gasteiger partial charge on any atom is 0.0884 e. The molecule has 0 saturated heterocycles. The van der Waals surface area contributed by atoms with Crippen LogP contribution >= 0.6 is 0 Å². The van der Waals surface area contributed by atoms with Gasteiger partial charge in [-0.1, -0.05) is 27.2 Å². The van der Waals surface area contributed by atoms with E-state index >= 15 is 0 Å². The third kappa shape index (κ3) is 3.88. The fourth-order valence-corrected chi connectivity index (χ4v) is 3.95. The number of aryl methyl sites for hydroxylation is 1. The average Bonchev–Trinajstić information content (AvgIpc) is 2.54. The maximum atomic E-state index is 5.50. The number of rotatable bonds is 4. The Labute approximate surface area is 130 Å². The highest BCUT2D eigenvalue weighted by Crippen LogP contribution is 2.35. The Hall–Kier alpha value is -0.830. The largest absolute Gasteiger partial charge is 0.378 e. The van der Waals surface area contributed by atoms with Crippen LogP contribution in [0, 0.1) is 5.41 Å². The van der Waals surface area contributed by atoms with Crippen LogP contribution in [-0.2, 0) is 29.7 Å². The molecule has 0 spiro atoms. The van der Waals surface area contributed by atoms with Crippen LogP contribution in [-0.4, -0.2) is 16.9 Å². The number of methoxy groups -OCH3 is 1. The minimum Gasteiger partial charge on any atom is -0.378 e. The first-order chi connectivity index (χ1) is 9.74. The molecule has 0 unspecified atom stereocenters. The van der Waals surface area contributed by atoms with E-state index in [1.165, 1.54) is 42.6 Å². The second-order valence-corrected chi connectivity index (χ2v) is 8.33. The summed E-state index contributed by atoms with van der Waals surface area (Å²) in [7, 11) is 1.79. The molecule has 0 aliphatic heterocycles. The molecule has 3 nitrogen and oxygen atoms in total. The van der Waals surface area contributed by atoms with Crippen molar-refractivity contribution in [3.05, 3.63) is 17.0 Å². The first-order valence-corrected chi connectivity index (χ1v) is 8.34. The lowest BCUT2D eigenvalue weighted by atomic mass is 9.81. The Balaban J connectivity index is 2.42. The lowest BCUT2D eigenvalue weighted by Crippen LogP contribution is -2.34. The van der Waals surface area contributed by atoms with Crippen LogP contribution in [0.25, 0.3) is 0 Å². The predicted octanol–water partition coefficient (Wildman–Crippen LogP) is 4.47. The van der Waals surface area contributed by atoms with Crippen LogP contribution in [0.3, 0.4) is 0 Å². The number of hydrogen-bond donors (Lipinski definition) is 0. The van der Waals surface area contributed by atoms with E-state index < -0.39 is 0 Å². The Morgan fingerprint density at radius 3 is 2.33 bits per heavy atom. The van der Waals surface area contributed by atoms with Crippen molar-refractivity contribution in [2.45, 2.75) is 85.3 Å². The molecule has 1 aromatic rings. The topological polar surface area (TPSA) is 27.1 Å². The van der Waals surface area contributed by atoms with E-state index in [9.17, 15) is 0 Å². The Morgan fingerprint density at radius 1 is 1.05 bits per heavy atom. The van der Waals surface area contributed by atoms with Crippen LogP contribution < -0.4 is 0 Å². The molecular formula is C18H32N2O. The van der Waals surface area contributed by atoms with Gasteiger partial charge in [0.15, 0.2) is 0 Å². The Kier molecular flexibility index (Phi) is 4.82. The summed E-state index contributed by atoms with van der Waals surface area (Å²) in [6.45, 7) is 12.2. The first kappa shape index (κ1) is 16.5. The van der Waals surface area contributed by atoms with Gasteiger partial charge in [0.2, 0.25) is 0 Å². The fourth-order valence-electron chi connectivity index (χ4n) is 3.95. The summed E-state index contributed by atoms with van der Waals surface area (Å²) in [6.07, 6.45) is 7.29. The van der Waals surface area contributed by atoms with Gasteiger partial charge in [-0.15, -0.1) is 0 Å². The van der Waals surface area contributed by atoms with Gasteiger partial charge in [0.25, 0.3) is 0 Å². The summed E-state index contributed by atoms with van der Waals surface area (Å²) in [5.74, 6) is 0. The second kappa shape index (κ2) is 6.12. The van der Waals surface area contributed by atoms with Gasteiger partial charge in [-0.2, -0.15) is 5.10 Å². The molecule has 1 aliphatic carbocycles. The minimum absolute atomic E-state index is 0.0261. The van der Waals surface area contributed by atoms with Crippen LogP contribution in [0.2, 0.25) is 0 Å². The molecular weight excluding hydrogens is 260 g/mol. The molecule has 1 aromatic heterocycles. The van der Waals surface area contributed by atoms with Crippen molar-refractivity contribution in [2.24, 2.45) is 5.41 Å². The molecule has 120 valence electrons. The summed E-state index contributed by atoms with van der Waals surface area (Å²) >= 11 is 0. The van der Waals surface area contributed by atoms with Gasteiger partial charge >= 0.3 is 0 Å². The van der Waals surface area contributed by atoms with Crippen molar-refractivity contribution in [1.82, 2.24) is 9.78 Å². The molecule has 0 N–H and O–H groups in total. The fraction of sp³-hybridized carbons (Fsp3) is 0.833. The van der Waals surface area contributed by atoms with E-state index in [-0.39, 0.29) is 11.0 Å². The maximum absolute atomic E-state index is 5.50. The van der Waals surface area contributed by atoms with Crippen molar-refractivity contribution in [3.63, 3.8) is 0 Å². The smallest absolute Gasteiger partial charge is 0.0884 e. The first-order valence-electron chi connectivity index (χ1n) is 8.34. The van der Waals surface area contributed by atoms with Gasteiger partial charge in [0, 0.05) is 7.11 Å². The molecule has 0 saturated carbocycles. The molecule has 1 heterocycles. The summed E-state index contributed by atoms with van der Waals surface area (Å²) in [5.41, 5.74) is 4.41. The van der Waals surface area contributed by atoms with Crippen LogP contribution in [0.4, 0.5) is 0 Å². The predicted molar refractivity (Wildman–Crippen MR) is 87.6 cm³/mol. The van der Waals surface area contributed by atoms with Gasteiger partial charge in [-0.3, -0.25) is 4.68 Å². The van der Waals surface area contributed by atoms with Crippen LogP contribution in [0.1, 0.15) is 77.3 Å². The summed E-state index contributed by atoms with van der Waals surface area (Å²) < 4.78 is 7.77. The number of aromatic nitrogens is 2. The van der Waals surface area contributed by atoms with Crippen LogP contribution in [0.15, 0.2) is 0 Å². The van der Waals surface area contributed by atoms with Gasteiger partial charge < -0.3 is 4.74 Å². The Bertz CT molecular complexity index is 480. The molecule has 1 aliphatic rings. The molecule has 0 aromatic carbocycles. The van der Waals surface area contributed by atoms with Crippen molar-refractivity contribution in [2.75, 3.05) is 7.11 Å². The van der Waals surface area contributed by atoms with Crippen molar-refractivity contribution in [3.8, 4) is 0 Å². The molecule has 3 heteroatoms. The highest BCUT2D eigenvalue weighted by Gasteiger charge is 2.32. The van der Waals surface area contributed by atoms with E-state index in [0.717, 1.165) is 12.8 Å². The second-order valence-electron chi connectivity index (χ2n) is 8.33. The zero-order valence-corrected chi connectivity index (χ0v) is 14.8. The average molecular weight is 292 g/mol. The highest BCUT2D eigenvalue weighted by molar-refractivity contribution is 5.28. The van der Waals surface area contributed by atoms with Gasteiger partial charge in [0.05, 0.1) is 23.5 Å². The summed E-state index contributed by atoms with van der Waals surface area (Å²) in [4.78, 5) is 0. The van der Waals surface area contributed by atoms with Crippen molar-refractivity contribution in [1.29, 1.82) is 0 Å². The minimum atomic E-state index is 0.0261. The molecule has 2 rings (SSSR count). The molecule has 0 bridgehead atoms. The standard InChI is InChI=1S/C18H32N2O/c1-17(2,3)13-18(4,5)20-16(12-21-6)14-10-8-7-9-11-15(14)19-20/h7-13H2,1-6H3. The highest BCUT2D eigenvalue weighted by atomic mass is 16.5. The lowest BCUT2D eigenvalue weighted by Gasteiger charge is -2.34. The molecule has 0 amide bonds. The molecule has 21 heavy (non-hydrogen) atoms. The van der Waals surface area contributed by atoms with Crippen molar-refractivity contribution >= 4 is 0 Å². The number of fused-ring (bicyclic) bond motifs is 1. The number of ether oxygens (including phenoxy) is 1. The van der Waals surface area contributed by atoms with Gasteiger partial charge in [-0.05, 0) is 56.9 Å². The zero-order chi connectivity index (χ0) is 15.7. The third-order valence-corrected chi connectivity index (χ3v) is 4.33. The molecule has 0 radical (unpaired) electrons. The van der Waals surface area contributed by atoms with E-state index in [1.54, 1.807) is 7.11 Å². The lowest BCUT2D eigenvalue weighted by molar-refractivity contribution is 0.149.